The summed E-state index contributed by atoms with van der Waals surface area (Å²) < 4.78 is 5.39. The Bertz CT molecular complexity index is 829. The molecule has 0 aliphatic carbocycles. The Morgan fingerprint density at radius 2 is 1.36 bits per heavy atom. The first-order valence-electron chi connectivity index (χ1n) is 9.32. The first-order chi connectivity index (χ1) is 13.6. The lowest BCUT2D eigenvalue weighted by Gasteiger charge is -2.37. The van der Waals surface area contributed by atoms with E-state index in [2.05, 4.69) is 5.32 Å². The van der Waals surface area contributed by atoms with Gasteiger partial charge in [0.05, 0.1) is 12.1 Å². The summed E-state index contributed by atoms with van der Waals surface area (Å²) in [4.78, 5) is 12.5. The van der Waals surface area contributed by atoms with Crippen molar-refractivity contribution < 1.29 is 14.6 Å². The van der Waals surface area contributed by atoms with Crippen LogP contribution in [0.2, 0.25) is 0 Å². The Labute approximate surface area is 165 Å². The Morgan fingerprint density at radius 1 is 0.893 bits per heavy atom. The number of amides is 1. The highest BCUT2D eigenvalue weighted by molar-refractivity contribution is 5.69. The van der Waals surface area contributed by atoms with Crippen molar-refractivity contribution in [2.75, 3.05) is 6.61 Å². The first-order valence-corrected chi connectivity index (χ1v) is 9.32. The van der Waals surface area contributed by atoms with E-state index >= 15 is 0 Å². The van der Waals surface area contributed by atoms with Crippen LogP contribution >= 0.6 is 0 Å². The predicted octanol–water partition coefficient (Wildman–Crippen LogP) is 4.50. The van der Waals surface area contributed by atoms with Crippen molar-refractivity contribution in [1.82, 2.24) is 5.32 Å². The number of hydrogen-bond acceptors (Lipinski definition) is 3. The van der Waals surface area contributed by atoms with Crippen LogP contribution in [0.4, 0.5) is 4.79 Å². The van der Waals surface area contributed by atoms with E-state index < -0.39 is 11.6 Å². The molecule has 28 heavy (non-hydrogen) atoms. The van der Waals surface area contributed by atoms with Crippen LogP contribution in [0.1, 0.15) is 29.5 Å². The summed E-state index contributed by atoms with van der Waals surface area (Å²) in [6.45, 7) is 1.78. The molecule has 3 aromatic carbocycles. The maximum absolute atomic E-state index is 12.5. The van der Waals surface area contributed by atoms with Gasteiger partial charge in [-0.3, -0.25) is 0 Å². The van der Waals surface area contributed by atoms with Crippen LogP contribution in [-0.4, -0.2) is 23.3 Å². The van der Waals surface area contributed by atoms with Gasteiger partial charge < -0.3 is 15.2 Å². The first kappa shape index (κ1) is 19.6. The second-order valence-electron chi connectivity index (χ2n) is 7.02. The zero-order valence-electron chi connectivity index (χ0n) is 15.9. The predicted molar refractivity (Wildman–Crippen MR) is 110 cm³/mol. The molecule has 1 atom stereocenters. The number of alkyl carbamates (subject to hydrolysis) is 1. The van der Waals surface area contributed by atoms with Gasteiger partial charge in [0.25, 0.3) is 0 Å². The molecule has 144 valence electrons. The van der Waals surface area contributed by atoms with E-state index in [0.29, 0.717) is 0 Å². The Kier molecular flexibility index (Phi) is 6.45. The molecule has 2 N–H and O–H groups in total. The number of benzene rings is 3. The van der Waals surface area contributed by atoms with Crippen LogP contribution in [0.15, 0.2) is 91.0 Å². The number of rotatable bonds is 7. The minimum Gasteiger partial charge on any atom is -0.445 e. The van der Waals surface area contributed by atoms with E-state index in [1.807, 2.05) is 97.9 Å². The quantitative estimate of drug-likeness (QED) is 0.639. The van der Waals surface area contributed by atoms with Crippen LogP contribution in [0, 0.1) is 0 Å². The maximum atomic E-state index is 12.5. The number of carbonyl (C=O) groups excluding carboxylic acids is 1. The van der Waals surface area contributed by atoms with E-state index in [4.69, 9.17) is 4.74 Å². The monoisotopic (exact) mass is 375 g/mol. The summed E-state index contributed by atoms with van der Waals surface area (Å²) in [5, 5.41) is 13.1. The lowest BCUT2D eigenvalue weighted by atomic mass is 9.76. The molecule has 0 aromatic heterocycles. The summed E-state index contributed by atoms with van der Waals surface area (Å²) in [7, 11) is 0. The van der Waals surface area contributed by atoms with Crippen molar-refractivity contribution in [3.05, 3.63) is 108 Å². The third-order valence-corrected chi connectivity index (χ3v) is 4.83. The third kappa shape index (κ3) is 4.78. The molecule has 0 fully saturated rings. The molecule has 3 rings (SSSR count). The minimum atomic E-state index is -0.934. The number of aliphatic hydroxyl groups is 1. The summed E-state index contributed by atoms with van der Waals surface area (Å²) in [5.41, 5.74) is 1.99. The van der Waals surface area contributed by atoms with Crippen molar-refractivity contribution in [2.45, 2.75) is 25.0 Å². The second-order valence-corrected chi connectivity index (χ2v) is 7.02. The molecule has 0 aliphatic rings. The molecule has 0 radical (unpaired) electrons. The SMILES string of the molecule is C[C@](CO)(NC(=O)OCc1ccccc1)C(c1ccccc1)c1ccccc1. The topological polar surface area (TPSA) is 58.6 Å². The molecule has 3 aromatic rings. The molecule has 1 amide bonds. The van der Waals surface area contributed by atoms with Crippen molar-refractivity contribution >= 4 is 6.09 Å². The van der Waals surface area contributed by atoms with Gasteiger partial charge in [-0.05, 0) is 23.6 Å². The fourth-order valence-electron chi connectivity index (χ4n) is 3.41. The maximum Gasteiger partial charge on any atom is 0.408 e. The highest BCUT2D eigenvalue weighted by Crippen LogP contribution is 2.35. The Morgan fingerprint density at radius 3 is 1.82 bits per heavy atom. The van der Waals surface area contributed by atoms with Crippen LogP contribution in [0.3, 0.4) is 0 Å². The summed E-state index contributed by atoms with van der Waals surface area (Å²) in [5.74, 6) is -0.232. The van der Waals surface area contributed by atoms with Gasteiger partial charge in [0.1, 0.15) is 6.61 Å². The number of nitrogens with one attached hydrogen (secondary N) is 1. The van der Waals surface area contributed by atoms with Gasteiger partial charge in [-0.2, -0.15) is 0 Å². The molecule has 0 aliphatic heterocycles. The van der Waals surface area contributed by atoms with E-state index in [1.165, 1.54) is 0 Å². The molecule has 4 heteroatoms. The van der Waals surface area contributed by atoms with Crippen molar-refractivity contribution in [1.29, 1.82) is 0 Å². The van der Waals surface area contributed by atoms with Crippen LogP contribution in [0.5, 0.6) is 0 Å². The zero-order valence-corrected chi connectivity index (χ0v) is 15.9. The van der Waals surface area contributed by atoms with Gasteiger partial charge in [0.2, 0.25) is 0 Å². The molecule has 4 nitrogen and oxygen atoms in total. The Balaban J connectivity index is 1.82. The zero-order chi connectivity index (χ0) is 19.8. The van der Waals surface area contributed by atoms with Crippen LogP contribution < -0.4 is 5.32 Å². The van der Waals surface area contributed by atoms with E-state index in [-0.39, 0.29) is 19.1 Å². The van der Waals surface area contributed by atoms with E-state index in [1.54, 1.807) is 0 Å². The van der Waals surface area contributed by atoms with Gasteiger partial charge in [-0.25, -0.2) is 4.79 Å². The summed E-state index contributed by atoms with van der Waals surface area (Å²) >= 11 is 0. The van der Waals surface area contributed by atoms with Crippen molar-refractivity contribution in [3.8, 4) is 0 Å². The van der Waals surface area contributed by atoms with E-state index in [0.717, 1.165) is 16.7 Å². The fraction of sp³-hybridized carbons (Fsp3) is 0.208. The van der Waals surface area contributed by atoms with Crippen molar-refractivity contribution in [2.24, 2.45) is 0 Å². The van der Waals surface area contributed by atoms with Crippen LogP contribution in [-0.2, 0) is 11.3 Å². The molecular formula is C24H25NO3. The second kappa shape index (κ2) is 9.20. The number of carbonyl (C=O) groups is 1. The molecule has 0 spiro atoms. The summed E-state index contributed by atoms with van der Waals surface area (Å²) in [6.07, 6.45) is -0.558. The lowest BCUT2D eigenvalue weighted by molar-refractivity contribution is 0.106. The van der Waals surface area contributed by atoms with Gasteiger partial charge in [-0.15, -0.1) is 0 Å². The molecule has 0 heterocycles. The third-order valence-electron chi connectivity index (χ3n) is 4.83. The average molecular weight is 375 g/mol. The van der Waals surface area contributed by atoms with Gasteiger partial charge >= 0.3 is 6.09 Å². The highest BCUT2D eigenvalue weighted by Gasteiger charge is 2.38. The largest absolute Gasteiger partial charge is 0.445 e. The van der Waals surface area contributed by atoms with E-state index in [9.17, 15) is 9.90 Å². The molecule has 0 unspecified atom stereocenters. The molecule has 0 saturated heterocycles. The van der Waals surface area contributed by atoms with Crippen LogP contribution in [0.25, 0.3) is 0 Å². The fourth-order valence-corrected chi connectivity index (χ4v) is 3.41. The normalized spacial score (nSPS) is 13.0. The molecule has 0 bridgehead atoms. The van der Waals surface area contributed by atoms with Gasteiger partial charge in [0, 0.05) is 5.92 Å². The highest BCUT2D eigenvalue weighted by atomic mass is 16.5. The van der Waals surface area contributed by atoms with Gasteiger partial charge in [-0.1, -0.05) is 91.0 Å². The number of ether oxygens (including phenoxy) is 1. The van der Waals surface area contributed by atoms with Crippen molar-refractivity contribution in [3.63, 3.8) is 0 Å². The average Bonchev–Trinajstić information content (AvgIpc) is 2.75. The number of aliphatic hydroxyl groups excluding tert-OH is 1. The molecule has 0 saturated carbocycles. The minimum absolute atomic E-state index is 0.176. The lowest BCUT2D eigenvalue weighted by Crippen LogP contribution is -2.53. The van der Waals surface area contributed by atoms with Gasteiger partial charge in [0.15, 0.2) is 0 Å². The summed E-state index contributed by atoms with van der Waals surface area (Å²) in [6, 6.07) is 29.2. The number of hydrogen-bond donors (Lipinski definition) is 2. The smallest absolute Gasteiger partial charge is 0.408 e. The Hall–Kier alpha value is -3.11. The molecular weight excluding hydrogens is 350 g/mol. The standard InChI is InChI=1S/C24H25NO3/c1-24(18-26,25-23(27)28-17-19-11-5-2-6-12-19)22(20-13-7-3-8-14-20)21-15-9-4-10-16-21/h2-16,22,26H,17-18H2,1H3,(H,25,27)/t24-/m1/s1.